The topological polar surface area (TPSA) is 91.0 Å². The first-order chi connectivity index (χ1) is 17.8. The van der Waals surface area contributed by atoms with Crippen LogP contribution < -0.4 is 10.9 Å². The molecule has 1 aromatic heterocycles. The van der Waals surface area contributed by atoms with E-state index in [4.69, 9.17) is 4.98 Å². The number of benzene rings is 3. The van der Waals surface area contributed by atoms with Gasteiger partial charge in [-0.15, -0.1) is 0 Å². The molecule has 0 aliphatic heterocycles. The molecule has 3 aromatic carbocycles. The smallest absolute Gasteiger partial charge is 0.314 e. The Hall–Kier alpha value is -4.44. The molecule has 188 valence electrons. The molecule has 0 saturated carbocycles. The van der Waals surface area contributed by atoms with E-state index in [-0.39, 0.29) is 17.5 Å². The van der Waals surface area contributed by atoms with Crippen LogP contribution in [-0.2, 0) is 6.42 Å². The van der Waals surface area contributed by atoms with Gasteiger partial charge in [0.25, 0.3) is 5.56 Å². The number of hydrogen-bond acceptors (Lipinski definition) is 4. The van der Waals surface area contributed by atoms with E-state index in [1.807, 2.05) is 63.2 Å². The first kappa shape index (κ1) is 25.6. The Morgan fingerprint density at radius 3 is 2.51 bits per heavy atom. The Balaban J connectivity index is 1.86. The molecule has 0 spiro atoms. The van der Waals surface area contributed by atoms with Crippen molar-refractivity contribution in [2.75, 3.05) is 11.9 Å². The zero-order valence-corrected chi connectivity index (χ0v) is 21.6. The van der Waals surface area contributed by atoms with Gasteiger partial charge in [0.1, 0.15) is 5.82 Å². The Kier molecular flexibility index (Phi) is 7.69. The minimum absolute atomic E-state index is 0.167. The highest BCUT2D eigenvalue weighted by molar-refractivity contribution is 5.90. The third-order valence-corrected chi connectivity index (χ3v) is 6.32. The summed E-state index contributed by atoms with van der Waals surface area (Å²) in [7, 11) is 0. The molecule has 0 aliphatic rings. The molecule has 1 unspecified atom stereocenters. The highest BCUT2D eigenvalue weighted by Gasteiger charge is 2.28. The van der Waals surface area contributed by atoms with Crippen molar-refractivity contribution in [3.63, 3.8) is 0 Å². The van der Waals surface area contributed by atoms with E-state index < -0.39 is 6.04 Å². The number of aromatic nitrogens is 2. The fourth-order valence-electron chi connectivity index (χ4n) is 4.50. The first-order valence-corrected chi connectivity index (χ1v) is 12.5. The predicted octanol–water partition coefficient (Wildman–Crippen LogP) is 6.07. The van der Waals surface area contributed by atoms with Gasteiger partial charge in [0, 0.05) is 12.2 Å². The minimum Gasteiger partial charge on any atom is -0.314 e. The lowest BCUT2D eigenvalue weighted by Gasteiger charge is -2.32. The zero-order chi connectivity index (χ0) is 26.5. The number of aryl methyl sites for hydroxylation is 1. The van der Waals surface area contributed by atoms with Crippen LogP contribution in [0.15, 0.2) is 77.6 Å². The molecule has 7 nitrogen and oxygen atoms in total. The van der Waals surface area contributed by atoms with Crippen molar-refractivity contribution < 1.29 is 4.79 Å². The van der Waals surface area contributed by atoms with Crippen LogP contribution in [0.4, 0.5) is 10.5 Å². The summed E-state index contributed by atoms with van der Waals surface area (Å²) in [5, 5.41) is 12.7. The van der Waals surface area contributed by atoms with E-state index in [1.54, 1.807) is 39.8 Å². The minimum atomic E-state index is -0.524. The van der Waals surface area contributed by atoms with Gasteiger partial charge in [-0.2, -0.15) is 5.26 Å². The number of anilines is 1. The van der Waals surface area contributed by atoms with Crippen molar-refractivity contribution in [3.05, 3.63) is 100 Å². The SMILES string of the molecule is CCc1ccccc1-n1c(C(C)N(CC(C)C)C(=O)Nc2cccc(C#N)c2)nc2ccccc2c1=O. The second kappa shape index (κ2) is 11.1. The number of amides is 2. The quantitative estimate of drug-likeness (QED) is 0.338. The summed E-state index contributed by atoms with van der Waals surface area (Å²) in [5.41, 5.74) is 3.20. The Labute approximate surface area is 217 Å². The number of urea groups is 1. The molecule has 4 rings (SSSR count). The maximum atomic E-state index is 13.9. The van der Waals surface area contributed by atoms with Crippen molar-refractivity contribution in [2.45, 2.75) is 40.2 Å². The molecule has 1 heterocycles. The number of rotatable bonds is 7. The average Bonchev–Trinajstić information content (AvgIpc) is 2.91. The van der Waals surface area contributed by atoms with Crippen molar-refractivity contribution in [1.82, 2.24) is 14.5 Å². The third kappa shape index (κ3) is 5.39. The number of para-hydroxylation sites is 2. The summed E-state index contributed by atoms with van der Waals surface area (Å²) in [6, 6.07) is 23.1. The largest absolute Gasteiger partial charge is 0.322 e. The van der Waals surface area contributed by atoms with Gasteiger partial charge in [0.15, 0.2) is 0 Å². The lowest BCUT2D eigenvalue weighted by Crippen LogP contribution is -2.41. The molecule has 0 saturated heterocycles. The second-order valence-electron chi connectivity index (χ2n) is 9.45. The molecule has 0 bridgehead atoms. The van der Waals surface area contributed by atoms with E-state index in [0.29, 0.717) is 34.5 Å². The van der Waals surface area contributed by atoms with Crippen LogP contribution in [0.3, 0.4) is 0 Å². The summed E-state index contributed by atoms with van der Waals surface area (Å²) in [6.07, 6.45) is 0.745. The molecule has 0 radical (unpaired) electrons. The number of fused-ring (bicyclic) bond motifs is 1. The van der Waals surface area contributed by atoms with Crippen LogP contribution in [0.5, 0.6) is 0 Å². The zero-order valence-electron chi connectivity index (χ0n) is 21.6. The number of nitrogens with one attached hydrogen (secondary N) is 1. The molecule has 37 heavy (non-hydrogen) atoms. The number of hydrogen-bond donors (Lipinski definition) is 1. The van der Waals surface area contributed by atoms with E-state index in [1.165, 1.54) is 0 Å². The lowest BCUT2D eigenvalue weighted by atomic mass is 10.1. The van der Waals surface area contributed by atoms with Gasteiger partial charge in [-0.3, -0.25) is 9.36 Å². The lowest BCUT2D eigenvalue weighted by molar-refractivity contribution is 0.179. The van der Waals surface area contributed by atoms with Crippen molar-refractivity contribution in [2.24, 2.45) is 5.92 Å². The molecule has 0 fully saturated rings. The van der Waals surface area contributed by atoms with E-state index in [0.717, 1.165) is 17.7 Å². The predicted molar refractivity (Wildman–Crippen MR) is 147 cm³/mol. The van der Waals surface area contributed by atoms with Gasteiger partial charge in [0.05, 0.1) is 34.3 Å². The molecular formula is C30H31N5O2. The Morgan fingerprint density at radius 2 is 1.78 bits per heavy atom. The van der Waals surface area contributed by atoms with Gasteiger partial charge in [0.2, 0.25) is 0 Å². The monoisotopic (exact) mass is 493 g/mol. The molecular weight excluding hydrogens is 462 g/mol. The summed E-state index contributed by atoms with van der Waals surface area (Å²) < 4.78 is 1.66. The maximum Gasteiger partial charge on any atom is 0.322 e. The van der Waals surface area contributed by atoms with Crippen molar-refractivity contribution in [1.29, 1.82) is 5.26 Å². The number of carbonyl (C=O) groups is 1. The van der Waals surface area contributed by atoms with Crippen LogP contribution in [0.2, 0.25) is 0 Å². The number of carbonyl (C=O) groups excluding carboxylic acids is 1. The Morgan fingerprint density at radius 1 is 1.05 bits per heavy atom. The summed E-state index contributed by atoms with van der Waals surface area (Å²) in [6.45, 7) is 8.47. The molecule has 1 atom stereocenters. The van der Waals surface area contributed by atoms with Crippen molar-refractivity contribution in [3.8, 4) is 11.8 Å². The normalized spacial score (nSPS) is 11.8. The van der Waals surface area contributed by atoms with Gasteiger partial charge in [-0.05, 0) is 61.2 Å². The van der Waals surface area contributed by atoms with E-state index in [9.17, 15) is 14.9 Å². The standard InChI is InChI=1S/C30H31N5O2/c1-5-23-12-6-9-16-27(23)35-28(33-26-15-8-7-14-25(26)29(35)36)21(4)34(19-20(2)3)30(37)32-24-13-10-11-22(17-24)18-31/h6-17,20-21H,5,19H2,1-4H3,(H,32,37). The van der Waals surface area contributed by atoms with Gasteiger partial charge < -0.3 is 10.2 Å². The van der Waals surface area contributed by atoms with Gasteiger partial charge >= 0.3 is 6.03 Å². The van der Waals surface area contributed by atoms with Crippen LogP contribution in [-0.4, -0.2) is 27.0 Å². The highest BCUT2D eigenvalue weighted by atomic mass is 16.2. The summed E-state index contributed by atoms with van der Waals surface area (Å²) >= 11 is 0. The molecule has 7 heteroatoms. The Bertz CT molecular complexity index is 1530. The maximum absolute atomic E-state index is 13.9. The second-order valence-corrected chi connectivity index (χ2v) is 9.45. The van der Waals surface area contributed by atoms with Crippen molar-refractivity contribution >= 4 is 22.6 Å². The van der Waals surface area contributed by atoms with E-state index >= 15 is 0 Å². The van der Waals surface area contributed by atoms with E-state index in [2.05, 4.69) is 18.3 Å². The molecule has 4 aromatic rings. The first-order valence-electron chi connectivity index (χ1n) is 12.5. The summed E-state index contributed by atoms with van der Waals surface area (Å²) in [5.74, 6) is 0.661. The van der Waals surface area contributed by atoms with Gasteiger partial charge in [-0.25, -0.2) is 9.78 Å². The molecule has 0 aliphatic carbocycles. The van der Waals surface area contributed by atoms with Crippen LogP contribution >= 0.6 is 0 Å². The highest BCUT2D eigenvalue weighted by Crippen LogP contribution is 2.26. The fourth-order valence-corrected chi connectivity index (χ4v) is 4.50. The third-order valence-electron chi connectivity index (χ3n) is 6.32. The van der Waals surface area contributed by atoms with Gasteiger partial charge in [-0.1, -0.05) is 57.2 Å². The number of nitriles is 1. The number of nitrogens with zero attached hydrogens (tertiary/aromatic N) is 4. The molecule has 2 amide bonds. The average molecular weight is 494 g/mol. The van der Waals surface area contributed by atoms with Crippen LogP contribution in [0.1, 0.15) is 50.7 Å². The summed E-state index contributed by atoms with van der Waals surface area (Å²) in [4.78, 5) is 34.1. The fraction of sp³-hybridized carbons (Fsp3) is 0.267. The van der Waals surface area contributed by atoms with Crippen LogP contribution in [0, 0.1) is 17.2 Å². The molecule has 1 N–H and O–H groups in total. The van der Waals surface area contributed by atoms with Crippen LogP contribution in [0.25, 0.3) is 16.6 Å².